The summed E-state index contributed by atoms with van der Waals surface area (Å²) in [7, 11) is -1.78. The molecule has 0 bridgehead atoms. The molecule has 0 fully saturated rings. The monoisotopic (exact) mass is 609 g/mol. The lowest BCUT2D eigenvalue weighted by Crippen LogP contribution is -2.49. The second-order valence-electron chi connectivity index (χ2n) is 12.6. The number of rotatable bonds is 2. The fourth-order valence-corrected chi connectivity index (χ4v) is 11.8. The van der Waals surface area contributed by atoms with Crippen LogP contribution in [0.25, 0.3) is 81.2 Å². The third-order valence-corrected chi connectivity index (χ3v) is 14.4. The van der Waals surface area contributed by atoms with Crippen molar-refractivity contribution in [2.45, 2.75) is 13.1 Å². The number of aromatic nitrogens is 3. The highest BCUT2D eigenvalue weighted by Gasteiger charge is 2.38. The Morgan fingerprint density at radius 2 is 1.36 bits per heavy atom. The van der Waals surface area contributed by atoms with Crippen molar-refractivity contribution >= 4 is 82.7 Å². The van der Waals surface area contributed by atoms with Crippen molar-refractivity contribution in [2.75, 3.05) is 0 Å². The largest absolute Gasteiger partial charge is 0.293 e. The highest BCUT2D eigenvalue weighted by Crippen LogP contribution is 2.43. The van der Waals surface area contributed by atoms with E-state index in [1.54, 1.807) is 11.3 Å². The minimum Gasteiger partial charge on any atom is -0.293 e. The Balaban J connectivity index is 1.36. The molecule has 0 amide bonds. The smallest absolute Gasteiger partial charge is 0.163 e. The summed E-state index contributed by atoms with van der Waals surface area (Å²) in [6.45, 7) is 4.98. The molecule has 6 aromatic carbocycles. The summed E-state index contributed by atoms with van der Waals surface area (Å²) >= 11 is 1.74. The quantitative estimate of drug-likeness (QED) is 0.183. The van der Waals surface area contributed by atoms with Crippen LogP contribution < -0.4 is 10.4 Å². The molecule has 212 valence electrons. The first-order chi connectivity index (χ1) is 22.1. The number of thiophene rings is 1. The van der Waals surface area contributed by atoms with Gasteiger partial charge in [-0.25, -0.2) is 9.97 Å². The number of para-hydroxylation sites is 1. The molecule has 0 saturated carbocycles. The van der Waals surface area contributed by atoms with Crippen molar-refractivity contribution in [3.63, 3.8) is 0 Å². The molecule has 3 aromatic heterocycles. The van der Waals surface area contributed by atoms with Gasteiger partial charge in [0.1, 0.15) is 12.9 Å². The van der Waals surface area contributed by atoms with Crippen LogP contribution in [0.1, 0.15) is 0 Å². The number of hydrogen-bond acceptors (Lipinski definition) is 3. The molecule has 0 aliphatic carbocycles. The van der Waals surface area contributed by atoms with E-state index in [4.69, 9.17) is 9.97 Å². The Morgan fingerprint density at radius 3 is 2.24 bits per heavy atom. The molecule has 4 heterocycles. The Kier molecular flexibility index (Phi) is 5.03. The van der Waals surface area contributed by atoms with Gasteiger partial charge < -0.3 is 0 Å². The molecular weight excluding hydrogens is 583 g/mol. The van der Waals surface area contributed by atoms with Crippen LogP contribution in [-0.2, 0) is 0 Å². The minimum atomic E-state index is -1.78. The van der Waals surface area contributed by atoms with Crippen molar-refractivity contribution in [2.24, 2.45) is 0 Å². The summed E-state index contributed by atoms with van der Waals surface area (Å²) in [6, 6.07) is 46.4. The van der Waals surface area contributed by atoms with Gasteiger partial charge >= 0.3 is 0 Å². The zero-order chi connectivity index (χ0) is 29.9. The zero-order valence-electron chi connectivity index (χ0n) is 24.9. The predicted octanol–water partition coefficient (Wildman–Crippen LogP) is 9.56. The van der Waals surface area contributed by atoms with Gasteiger partial charge in [0.25, 0.3) is 0 Å². The molecule has 10 rings (SSSR count). The Morgan fingerprint density at radius 1 is 0.600 bits per heavy atom. The molecular formula is C40H27N3SSi. The van der Waals surface area contributed by atoms with Gasteiger partial charge in [-0.15, -0.1) is 11.3 Å². The van der Waals surface area contributed by atoms with Crippen molar-refractivity contribution in [1.82, 2.24) is 14.5 Å². The van der Waals surface area contributed by atoms with Crippen LogP contribution in [0, 0.1) is 0 Å². The van der Waals surface area contributed by atoms with E-state index in [2.05, 4.69) is 139 Å². The Hall–Kier alpha value is -5.10. The molecule has 5 heteroatoms. The molecule has 1 aliphatic rings. The Bertz CT molecular complexity index is 2680. The average molecular weight is 610 g/mol. The van der Waals surface area contributed by atoms with Crippen LogP contribution >= 0.6 is 11.3 Å². The van der Waals surface area contributed by atoms with E-state index in [1.807, 2.05) is 6.07 Å². The fraction of sp³-hybridized carbons (Fsp3) is 0.0500. The van der Waals surface area contributed by atoms with Gasteiger partial charge in [0, 0.05) is 26.4 Å². The van der Waals surface area contributed by atoms with E-state index < -0.39 is 8.07 Å². The number of nitrogens with zero attached hydrogens (tertiary/aromatic N) is 3. The van der Waals surface area contributed by atoms with Gasteiger partial charge in [0.05, 0.1) is 16.4 Å². The molecule has 45 heavy (non-hydrogen) atoms. The van der Waals surface area contributed by atoms with E-state index in [-0.39, 0.29) is 0 Å². The molecule has 0 atom stereocenters. The second-order valence-corrected chi connectivity index (χ2v) is 18.0. The zero-order valence-corrected chi connectivity index (χ0v) is 26.7. The lowest BCUT2D eigenvalue weighted by molar-refractivity contribution is 1.08. The SMILES string of the molecule is C[Si]1(C)c2ccccc2-c2c1ccc1cc3c(cc21)c1ccccc1n3-c1nc(-c2ccccc2)nc2sc3ccccc3c12. The molecule has 9 aromatic rings. The first kappa shape index (κ1) is 25.2. The second kappa shape index (κ2) is 8.97. The van der Waals surface area contributed by atoms with Crippen LogP contribution in [0.5, 0.6) is 0 Å². The van der Waals surface area contributed by atoms with Gasteiger partial charge in [-0.05, 0) is 56.5 Å². The summed E-state index contributed by atoms with van der Waals surface area (Å²) in [5.74, 6) is 1.68. The molecule has 0 N–H and O–H groups in total. The summed E-state index contributed by atoms with van der Waals surface area (Å²) in [6.07, 6.45) is 0. The van der Waals surface area contributed by atoms with Gasteiger partial charge in [-0.2, -0.15) is 0 Å². The predicted molar refractivity (Wildman–Crippen MR) is 194 cm³/mol. The maximum atomic E-state index is 5.39. The van der Waals surface area contributed by atoms with Crippen LogP contribution in [0.15, 0.2) is 127 Å². The van der Waals surface area contributed by atoms with E-state index in [1.165, 1.54) is 58.6 Å². The normalized spacial score (nSPS) is 13.7. The average Bonchev–Trinajstić information content (AvgIpc) is 3.69. The maximum Gasteiger partial charge on any atom is 0.163 e. The van der Waals surface area contributed by atoms with Gasteiger partial charge in [0.2, 0.25) is 0 Å². The molecule has 0 unspecified atom stereocenters. The van der Waals surface area contributed by atoms with Gasteiger partial charge in [-0.1, -0.05) is 116 Å². The van der Waals surface area contributed by atoms with Crippen molar-refractivity contribution < 1.29 is 0 Å². The fourth-order valence-electron chi connectivity index (χ4n) is 7.70. The molecule has 0 spiro atoms. The van der Waals surface area contributed by atoms with Crippen LogP contribution in [0.2, 0.25) is 13.1 Å². The number of fused-ring (bicyclic) bond motifs is 11. The molecule has 0 saturated heterocycles. The number of benzene rings is 6. The van der Waals surface area contributed by atoms with Crippen LogP contribution in [-0.4, -0.2) is 22.6 Å². The lowest BCUT2D eigenvalue weighted by atomic mass is 9.96. The summed E-state index contributed by atoms with van der Waals surface area (Å²) in [5, 5.41) is 10.5. The summed E-state index contributed by atoms with van der Waals surface area (Å²) < 4.78 is 3.61. The molecule has 3 nitrogen and oxygen atoms in total. The third kappa shape index (κ3) is 3.39. The molecule has 0 radical (unpaired) electrons. The van der Waals surface area contributed by atoms with Crippen LogP contribution in [0.4, 0.5) is 0 Å². The highest BCUT2D eigenvalue weighted by molar-refractivity contribution is 7.25. The molecule has 1 aliphatic heterocycles. The summed E-state index contributed by atoms with van der Waals surface area (Å²) in [4.78, 5) is 11.5. The van der Waals surface area contributed by atoms with E-state index in [9.17, 15) is 0 Å². The number of hydrogen-bond donors (Lipinski definition) is 0. The summed E-state index contributed by atoms with van der Waals surface area (Å²) in [5.41, 5.74) is 6.18. The van der Waals surface area contributed by atoms with Crippen LogP contribution in [0.3, 0.4) is 0 Å². The maximum absolute atomic E-state index is 5.39. The third-order valence-electron chi connectivity index (χ3n) is 9.82. The van der Waals surface area contributed by atoms with E-state index >= 15 is 0 Å². The van der Waals surface area contributed by atoms with E-state index in [0.29, 0.717) is 0 Å². The van der Waals surface area contributed by atoms with E-state index in [0.717, 1.165) is 32.9 Å². The minimum absolute atomic E-state index is 0.748. The standard InChI is InChI=1S/C40H27N3SSi/c1-45(2)34-19-11-8-16-28(34)36-29-23-30-26-14-6-9-17-31(26)43(32(30)22-25(29)20-21-35(36)45)39-37-27-15-7-10-18-33(27)44-40(37)42-38(41-39)24-12-4-3-5-13-24/h3-23H,1-2H3. The van der Waals surface area contributed by atoms with Crippen molar-refractivity contribution in [1.29, 1.82) is 0 Å². The van der Waals surface area contributed by atoms with Crippen molar-refractivity contribution in [3.05, 3.63) is 127 Å². The topological polar surface area (TPSA) is 30.7 Å². The first-order valence-corrected chi connectivity index (χ1v) is 19.2. The van der Waals surface area contributed by atoms with Gasteiger partial charge in [-0.3, -0.25) is 4.57 Å². The Labute approximate surface area is 265 Å². The highest BCUT2D eigenvalue weighted by atomic mass is 32.1. The van der Waals surface area contributed by atoms with Gasteiger partial charge in [0.15, 0.2) is 11.6 Å². The van der Waals surface area contributed by atoms with Crippen molar-refractivity contribution in [3.8, 4) is 28.3 Å². The lowest BCUT2D eigenvalue weighted by Gasteiger charge is -2.18. The first-order valence-electron chi connectivity index (χ1n) is 15.4.